The van der Waals surface area contributed by atoms with Crippen LogP contribution in [0.1, 0.15) is 104 Å². The third-order valence-electron chi connectivity index (χ3n) is 11.0. The molecule has 4 saturated carbocycles. The highest BCUT2D eigenvalue weighted by molar-refractivity contribution is 7.89. The first kappa shape index (κ1) is 29.6. The van der Waals surface area contributed by atoms with Gasteiger partial charge in [0, 0.05) is 23.2 Å². The molecule has 5 rings (SSSR count). The summed E-state index contributed by atoms with van der Waals surface area (Å²) in [4.78, 5) is 13.6. The molecule has 1 aromatic rings. The zero-order valence-corrected chi connectivity index (χ0v) is 25.5. The summed E-state index contributed by atoms with van der Waals surface area (Å²) in [5, 5.41) is 3.31. The Morgan fingerprint density at radius 3 is 2.17 bits per heavy atom. The number of para-hydroxylation sites is 1. The summed E-state index contributed by atoms with van der Waals surface area (Å²) >= 11 is 0. The van der Waals surface area contributed by atoms with Crippen molar-refractivity contribution in [2.24, 2.45) is 16.7 Å². The van der Waals surface area contributed by atoms with E-state index in [2.05, 4.69) is 25.7 Å². The van der Waals surface area contributed by atoms with Crippen molar-refractivity contribution in [2.75, 3.05) is 11.1 Å². The summed E-state index contributed by atoms with van der Waals surface area (Å²) in [7, 11) is -3.56. The van der Waals surface area contributed by atoms with Gasteiger partial charge in [0.2, 0.25) is 10.0 Å². The van der Waals surface area contributed by atoms with Gasteiger partial charge in [0.1, 0.15) is 12.1 Å². The molecule has 222 valence electrons. The van der Waals surface area contributed by atoms with Gasteiger partial charge in [-0.25, -0.2) is 13.2 Å². The molecule has 0 aromatic heterocycles. The molecule has 0 unspecified atom stereocenters. The van der Waals surface area contributed by atoms with Gasteiger partial charge in [-0.2, -0.15) is 4.31 Å². The van der Waals surface area contributed by atoms with Crippen LogP contribution in [0.3, 0.4) is 0 Å². The highest BCUT2D eigenvalue weighted by atomic mass is 32.2. The number of anilines is 1. The zero-order chi connectivity index (χ0) is 28.4. The molecular formula is C33H50N2O4S. The summed E-state index contributed by atoms with van der Waals surface area (Å²) in [5.74, 6) is 0.135. The predicted molar refractivity (Wildman–Crippen MR) is 161 cm³/mol. The number of hydrogen-bond acceptors (Lipinski definition) is 5. The minimum atomic E-state index is -3.56. The zero-order valence-electron chi connectivity index (χ0n) is 24.7. The number of benzene rings is 1. The molecule has 1 N–H and O–H groups in total. The van der Waals surface area contributed by atoms with Gasteiger partial charge in [-0.3, -0.25) is 0 Å². The smallest absolute Gasteiger partial charge is 0.329 e. The van der Waals surface area contributed by atoms with E-state index in [1.54, 1.807) is 6.08 Å². The summed E-state index contributed by atoms with van der Waals surface area (Å²) < 4.78 is 37.6. The van der Waals surface area contributed by atoms with E-state index in [9.17, 15) is 13.2 Å². The van der Waals surface area contributed by atoms with E-state index < -0.39 is 27.6 Å². The number of fused-ring (bicyclic) bond motifs is 2. The van der Waals surface area contributed by atoms with E-state index in [-0.39, 0.29) is 29.2 Å². The van der Waals surface area contributed by atoms with E-state index in [1.165, 1.54) is 12.8 Å². The number of carbonyl (C=O) groups excluding carboxylic acids is 1. The Labute approximate surface area is 242 Å². The van der Waals surface area contributed by atoms with Crippen molar-refractivity contribution in [1.82, 2.24) is 4.31 Å². The fourth-order valence-corrected chi connectivity index (χ4v) is 11.5. The SMILES string of the molecule is C=CC[C@H](Nc1ccccc1)C(=O)O[C@@H]1C[C@H]2CC[C@]1(CS(=O)(=O)N(C1CCCCC1)C1CCCCC1)C2(C)C. The molecule has 4 aliphatic rings. The molecule has 0 aliphatic heterocycles. The van der Waals surface area contributed by atoms with Crippen molar-refractivity contribution in [2.45, 2.75) is 128 Å². The van der Waals surface area contributed by atoms with Gasteiger partial charge in [-0.15, -0.1) is 6.58 Å². The lowest BCUT2D eigenvalue weighted by molar-refractivity contribution is -0.157. The van der Waals surface area contributed by atoms with Crippen molar-refractivity contribution in [3.05, 3.63) is 43.0 Å². The van der Waals surface area contributed by atoms with Gasteiger partial charge < -0.3 is 10.1 Å². The standard InChI is InChI=1S/C33H50N2O4S/c1-4-14-29(34-26-15-8-5-9-16-26)31(36)39-30-23-25-21-22-33(30,32(25,2)3)24-40(37,38)35(27-17-10-6-11-18-27)28-19-12-7-13-20-28/h4-5,8-9,15-16,25,27-30,34H,1,6-7,10-14,17-24H2,2-3H3/t25-,29+,30-,33-/m1/s1. The Balaban J connectivity index is 1.40. The molecule has 0 radical (unpaired) electrons. The van der Waals surface area contributed by atoms with Gasteiger partial charge in [-0.1, -0.05) is 76.6 Å². The summed E-state index contributed by atoms with van der Waals surface area (Å²) in [6.45, 7) is 8.31. The highest BCUT2D eigenvalue weighted by Gasteiger charge is 2.67. The first-order chi connectivity index (χ1) is 19.2. The number of carbonyl (C=O) groups is 1. The fraction of sp³-hybridized carbons (Fsp3) is 0.727. The number of nitrogens with zero attached hydrogens (tertiary/aromatic N) is 1. The van der Waals surface area contributed by atoms with Crippen LogP contribution in [0.5, 0.6) is 0 Å². The van der Waals surface area contributed by atoms with Gasteiger partial charge in [0.15, 0.2) is 0 Å². The molecule has 40 heavy (non-hydrogen) atoms. The van der Waals surface area contributed by atoms with Crippen LogP contribution in [0.15, 0.2) is 43.0 Å². The van der Waals surface area contributed by atoms with Crippen LogP contribution in [0.25, 0.3) is 0 Å². The number of rotatable bonds is 11. The average Bonchev–Trinajstić information content (AvgIpc) is 3.29. The number of sulfonamides is 1. The predicted octanol–water partition coefficient (Wildman–Crippen LogP) is 7.08. The maximum atomic E-state index is 14.6. The molecule has 1 aromatic carbocycles. The molecule has 0 spiro atoms. The summed E-state index contributed by atoms with van der Waals surface area (Å²) in [5.41, 5.74) is 0.0722. The molecular weight excluding hydrogens is 520 g/mol. The Morgan fingerprint density at radius 2 is 1.62 bits per heavy atom. The van der Waals surface area contributed by atoms with Crippen molar-refractivity contribution in [3.8, 4) is 0 Å². The van der Waals surface area contributed by atoms with E-state index in [4.69, 9.17) is 4.74 Å². The third-order valence-corrected chi connectivity index (χ3v) is 13.2. The molecule has 0 amide bonds. The Kier molecular flexibility index (Phi) is 9.01. The minimum Gasteiger partial charge on any atom is -0.460 e. The minimum absolute atomic E-state index is 0.0900. The summed E-state index contributed by atoms with van der Waals surface area (Å²) in [6.07, 6.45) is 15.1. The lowest BCUT2D eigenvalue weighted by Crippen LogP contribution is -2.55. The number of esters is 1. The fourth-order valence-electron chi connectivity index (χ4n) is 8.67. The van der Waals surface area contributed by atoms with E-state index in [1.807, 2.05) is 34.6 Å². The molecule has 4 fully saturated rings. The molecule has 4 aliphatic carbocycles. The number of hydrogen-bond donors (Lipinski definition) is 1. The maximum absolute atomic E-state index is 14.6. The monoisotopic (exact) mass is 570 g/mol. The molecule has 0 saturated heterocycles. The largest absolute Gasteiger partial charge is 0.460 e. The van der Waals surface area contributed by atoms with Crippen LogP contribution >= 0.6 is 0 Å². The number of ether oxygens (including phenoxy) is 1. The van der Waals surface area contributed by atoms with Crippen molar-refractivity contribution >= 4 is 21.7 Å². The van der Waals surface area contributed by atoms with Gasteiger partial charge in [0.25, 0.3) is 0 Å². The second-order valence-electron chi connectivity index (χ2n) is 13.5. The Bertz CT molecular complexity index is 1110. The lowest BCUT2D eigenvalue weighted by atomic mass is 9.69. The quantitative estimate of drug-likeness (QED) is 0.227. The topological polar surface area (TPSA) is 75.7 Å². The third kappa shape index (κ3) is 5.74. The molecule has 2 bridgehead atoms. The number of nitrogens with one attached hydrogen (secondary N) is 1. The molecule has 4 atom stereocenters. The highest BCUT2D eigenvalue weighted by Crippen LogP contribution is 2.67. The molecule has 7 heteroatoms. The van der Waals surface area contributed by atoms with Crippen LogP contribution in [0.2, 0.25) is 0 Å². The lowest BCUT2D eigenvalue weighted by Gasteiger charge is -2.46. The van der Waals surface area contributed by atoms with E-state index in [0.717, 1.165) is 76.3 Å². The van der Waals surface area contributed by atoms with Gasteiger partial charge in [-0.05, 0) is 74.8 Å². The van der Waals surface area contributed by atoms with Crippen molar-refractivity contribution < 1.29 is 17.9 Å². The van der Waals surface area contributed by atoms with Crippen LogP contribution < -0.4 is 5.32 Å². The summed E-state index contributed by atoms with van der Waals surface area (Å²) in [6, 6.07) is 9.35. The van der Waals surface area contributed by atoms with Crippen molar-refractivity contribution in [1.29, 1.82) is 0 Å². The van der Waals surface area contributed by atoms with E-state index >= 15 is 0 Å². The maximum Gasteiger partial charge on any atom is 0.329 e. The van der Waals surface area contributed by atoms with Crippen LogP contribution in [-0.4, -0.2) is 48.7 Å². The molecule has 0 heterocycles. The van der Waals surface area contributed by atoms with Crippen LogP contribution in [-0.2, 0) is 19.6 Å². The molecule has 6 nitrogen and oxygen atoms in total. The normalized spacial score (nSPS) is 29.8. The first-order valence-electron chi connectivity index (χ1n) is 15.8. The van der Waals surface area contributed by atoms with Gasteiger partial charge >= 0.3 is 5.97 Å². The van der Waals surface area contributed by atoms with Crippen molar-refractivity contribution in [3.63, 3.8) is 0 Å². The second kappa shape index (κ2) is 12.2. The van der Waals surface area contributed by atoms with Crippen LogP contribution in [0, 0.1) is 16.7 Å². The van der Waals surface area contributed by atoms with Crippen LogP contribution in [0.4, 0.5) is 5.69 Å². The average molecular weight is 571 g/mol. The first-order valence-corrected chi connectivity index (χ1v) is 17.4. The Morgan fingerprint density at radius 1 is 1.02 bits per heavy atom. The van der Waals surface area contributed by atoms with E-state index in [0.29, 0.717) is 12.3 Å². The second-order valence-corrected chi connectivity index (χ2v) is 15.4. The Hall–Kier alpha value is -1.86. The van der Waals surface area contributed by atoms with Gasteiger partial charge in [0.05, 0.1) is 5.75 Å².